The molecule has 4 aromatic heterocycles. The van der Waals surface area contributed by atoms with Gasteiger partial charge in [0.25, 0.3) is 5.91 Å². The summed E-state index contributed by atoms with van der Waals surface area (Å²) in [6.45, 7) is 2.51. The molecule has 0 bridgehead atoms. The molecule has 158 valence electrons. The number of nitrogens with one attached hydrogen (secondary N) is 1. The van der Waals surface area contributed by atoms with Crippen LogP contribution in [0.5, 0.6) is 0 Å². The van der Waals surface area contributed by atoms with Crippen molar-refractivity contribution in [1.29, 1.82) is 0 Å². The van der Waals surface area contributed by atoms with Gasteiger partial charge in [-0.15, -0.1) is 5.10 Å². The number of pyridine rings is 2. The Labute approximate surface area is 183 Å². The molecule has 0 spiro atoms. The van der Waals surface area contributed by atoms with Crippen molar-refractivity contribution in [3.05, 3.63) is 90.3 Å². The van der Waals surface area contributed by atoms with E-state index in [-0.39, 0.29) is 11.6 Å². The minimum absolute atomic E-state index is 0.240. The Morgan fingerprint density at radius 2 is 1.88 bits per heavy atom. The maximum absolute atomic E-state index is 12.8. The molecular formula is C23H20N8O. The summed E-state index contributed by atoms with van der Waals surface area (Å²) in [6, 6.07) is 15.4. The van der Waals surface area contributed by atoms with Crippen molar-refractivity contribution in [3.8, 4) is 5.69 Å². The van der Waals surface area contributed by atoms with Crippen LogP contribution < -0.4 is 5.32 Å². The summed E-state index contributed by atoms with van der Waals surface area (Å²) in [7, 11) is 0. The first-order chi connectivity index (χ1) is 15.7. The second-order valence-electron chi connectivity index (χ2n) is 7.31. The largest absolute Gasteiger partial charge is 0.304 e. The molecule has 5 aromatic rings. The predicted octanol–water partition coefficient (Wildman–Crippen LogP) is 3.21. The van der Waals surface area contributed by atoms with E-state index in [9.17, 15) is 4.79 Å². The van der Waals surface area contributed by atoms with Gasteiger partial charge in [-0.2, -0.15) is 5.10 Å². The van der Waals surface area contributed by atoms with Gasteiger partial charge in [-0.1, -0.05) is 23.4 Å². The zero-order chi connectivity index (χ0) is 21.9. The van der Waals surface area contributed by atoms with Crippen LogP contribution in [0.4, 0.5) is 5.82 Å². The fraction of sp³-hybridized carbons (Fsp3) is 0.130. The highest BCUT2D eigenvalue weighted by Gasteiger charge is 2.19. The first kappa shape index (κ1) is 19.6. The van der Waals surface area contributed by atoms with Crippen molar-refractivity contribution in [1.82, 2.24) is 34.7 Å². The predicted molar refractivity (Wildman–Crippen MR) is 120 cm³/mol. The molecule has 0 fully saturated rings. The van der Waals surface area contributed by atoms with Crippen LogP contribution in [-0.2, 0) is 13.0 Å². The van der Waals surface area contributed by atoms with E-state index in [0.29, 0.717) is 18.1 Å². The van der Waals surface area contributed by atoms with Crippen LogP contribution in [-0.4, -0.2) is 40.6 Å². The molecule has 1 N–H and O–H groups in total. The normalized spacial score (nSPS) is 11.0. The SMILES string of the molecule is Cc1c(C(=O)Nc2ccn(CCc3ccncc3)n2)nnn1-c1cccc2cccnc12. The van der Waals surface area contributed by atoms with Gasteiger partial charge in [-0.05, 0) is 43.2 Å². The Kier molecular flexibility index (Phi) is 5.12. The lowest BCUT2D eigenvalue weighted by atomic mass is 10.2. The number of carbonyl (C=O) groups excluding carboxylic acids is 1. The third kappa shape index (κ3) is 3.83. The van der Waals surface area contributed by atoms with Gasteiger partial charge in [0, 0.05) is 42.8 Å². The number of para-hydroxylation sites is 1. The van der Waals surface area contributed by atoms with Crippen LogP contribution in [0.15, 0.2) is 73.3 Å². The van der Waals surface area contributed by atoms with Gasteiger partial charge in [0.05, 0.1) is 16.9 Å². The number of nitrogens with zero attached hydrogens (tertiary/aromatic N) is 7. The molecule has 0 saturated heterocycles. The summed E-state index contributed by atoms with van der Waals surface area (Å²) in [5.41, 5.74) is 3.61. The smallest absolute Gasteiger partial charge is 0.279 e. The molecule has 0 radical (unpaired) electrons. The number of fused-ring (bicyclic) bond motifs is 1. The molecule has 0 aliphatic heterocycles. The first-order valence-electron chi connectivity index (χ1n) is 10.2. The van der Waals surface area contributed by atoms with Gasteiger partial charge in [0.15, 0.2) is 11.5 Å². The molecule has 0 aliphatic carbocycles. The lowest BCUT2D eigenvalue weighted by Gasteiger charge is -2.07. The van der Waals surface area contributed by atoms with Gasteiger partial charge < -0.3 is 5.32 Å². The molecular weight excluding hydrogens is 404 g/mol. The molecule has 9 heteroatoms. The van der Waals surface area contributed by atoms with Crippen molar-refractivity contribution in [2.24, 2.45) is 0 Å². The van der Waals surface area contributed by atoms with Crippen LogP contribution in [0.3, 0.4) is 0 Å². The number of benzene rings is 1. The number of rotatable bonds is 6. The van der Waals surface area contributed by atoms with E-state index < -0.39 is 0 Å². The molecule has 5 rings (SSSR count). The van der Waals surface area contributed by atoms with Gasteiger partial charge in [-0.25, -0.2) is 4.68 Å². The van der Waals surface area contributed by atoms with Crippen molar-refractivity contribution in [3.63, 3.8) is 0 Å². The Morgan fingerprint density at radius 3 is 2.75 bits per heavy atom. The lowest BCUT2D eigenvalue weighted by molar-refractivity contribution is 0.102. The van der Waals surface area contributed by atoms with E-state index in [1.165, 1.54) is 5.56 Å². The number of aryl methyl sites for hydroxylation is 2. The summed E-state index contributed by atoms with van der Waals surface area (Å²) in [6.07, 6.45) is 7.94. The standard InChI is InChI=1S/C23H20N8O/c1-16-21(27-29-31(16)19-6-2-4-18-5-3-11-25-22(18)19)23(32)26-20-10-15-30(28-20)14-9-17-7-12-24-13-8-17/h2-8,10-13,15H,9,14H2,1H3,(H,26,28,32). The minimum atomic E-state index is -0.360. The monoisotopic (exact) mass is 424 g/mol. The van der Waals surface area contributed by atoms with E-state index in [1.807, 2.05) is 55.6 Å². The van der Waals surface area contributed by atoms with Crippen LogP contribution in [0, 0.1) is 6.92 Å². The van der Waals surface area contributed by atoms with Crippen molar-refractivity contribution in [2.75, 3.05) is 5.32 Å². The molecule has 0 atom stereocenters. The van der Waals surface area contributed by atoms with Crippen LogP contribution in [0.25, 0.3) is 16.6 Å². The number of amides is 1. The molecule has 0 unspecified atom stereocenters. The van der Waals surface area contributed by atoms with E-state index in [0.717, 1.165) is 23.0 Å². The summed E-state index contributed by atoms with van der Waals surface area (Å²) in [5.74, 6) is 0.104. The molecule has 1 amide bonds. The highest BCUT2D eigenvalue weighted by atomic mass is 16.2. The maximum atomic E-state index is 12.8. The minimum Gasteiger partial charge on any atom is -0.304 e. The van der Waals surface area contributed by atoms with Crippen LogP contribution in [0.1, 0.15) is 21.7 Å². The summed E-state index contributed by atoms with van der Waals surface area (Å²) >= 11 is 0. The lowest BCUT2D eigenvalue weighted by Crippen LogP contribution is -2.15. The Bertz CT molecular complexity index is 1380. The van der Waals surface area contributed by atoms with Gasteiger partial charge in [0.2, 0.25) is 0 Å². The average molecular weight is 424 g/mol. The molecule has 0 saturated carbocycles. The third-order valence-corrected chi connectivity index (χ3v) is 5.21. The van der Waals surface area contributed by atoms with E-state index in [4.69, 9.17) is 0 Å². The number of hydrogen-bond acceptors (Lipinski definition) is 6. The van der Waals surface area contributed by atoms with Crippen molar-refractivity contribution >= 4 is 22.6 Å². The Balaban J connectivity index is 1.32. The zero-order valence-corrected chi connectivity index (χ0v) is 17.4. The highest BCUT2D eigenvalue weighted by Crippen LogP contribution is 2.21. The fourth-order valence-electron chi connectivity index (χ4n) is 3.55. The average Bonchev–Trinajstić information content (AvgIpc) is 3.44. The molecule has 0 aliphatic rings. The zero-order valence-electron chi connectivity index (χ0n) is 17.4. The van der Waals surface area contributed by atoms with Crippen molar-refractivity contribution < 1.29 is 4.79 Å². The van der Waals surface area contributed by atoms with E-state index in [2.05, 4.69) is 30.7 Å². The van der Waals surface area contributed by atoms with Gasteiger partial charge >= 0.3 is 0 Å². The molecule has 32 heavy (non-hydrogen) atoms. The van der Waals surface area contributed by atoms with Gasteiger partial charge in [-0.3, -0.25) is 19.4 Å². The molecule has 1 aromatic carbocycles. The number of carbonyl (C=O) groups is 1. The van der Waals surface area contributed by atoms with Crippen molar-refractivity contribution in [2.45, 2.75) is 19.9 Å². The third-order valence-electron chi connectivity index (χ3n) is 5.21. The summed E-state index contributed by atoms with van der Waals surface area (Å²) in [4.78, 5) is 21.3. The first-order valence-corrected chi connectivity index (χ1v) is 10.2. The topological polar surface area (TPSA) is 103 Å². The second-order valence-corrected chi connectivity index (χ2v) is 7.31. The second kappa shape index (κ2) is 8.38. The number of anilines is 1. The molecule has 4 heterocycles. The fourth-order valence-corrected chi connectivity index (χ4v) is 3.55. The Hall–Kier alpha value is -4.40. The van der Waals surface area contributed by atoms with Crippen LogP contribution >= 0.6 is 0 Å². The number of hydrogen-bond donors (Lipinski definition) is 1. The quantitative estimate of drug-likeness (QED) is 0.449. The van der Waals surface area contributed by atoms with E-state index in [1.54, 1.807) is 34.0 Å². The summed E-state index contributed by atoms with van der Waals surface area (Å²) in [5, 5.41) is 16.5. The van der Waals surface area contributed by atoms with Gasteiger partial charge in [0.1, 0.15) is 0 Å². The van der Waals surface area contributed by atoms with E-state index >= 15 is 0 Å². The maximum Gasteiger partial charge on any atom is 0.279 e. The Morgan fingerprint density at radius 1 is 1.03 bits per heavy atom. The number of aromatic nitrogens is 7. The summed E-state index contributed by atoms with van der Waals surface area (Å²) < 4.78 is 3.43. The van der Waals surface area contributed by atoms with Crippen LogP contribution in [0.2, 0.25) is 0 Å². The highest BCUT2D eigenvalue weighted by molar-refractivity contribution is 6.03. The molecule has 9 nitrogen and oxygen atoms in total.